The first-order chi connectivity index (χ1) is 17.0. The Morgan fingerprint density at radius 1 is 1.03 bits per heavy atom. The Kier molecular flexibility index (Phi) is 13.1. The van der Waals surface area contributed by atoms with Gasteiger partial charge in [-0.25, -0.2) is 9.78 Å². The second kappa shape index (κ2) is 15.4. The summed E-state index contributed by atoms with van der Waals surface area (Å²) in [6, 6.07) is -5.13. The van der Waals surface area contributed by atoms with E-state index in [4.69, 9.17) is 17.2 Å². The molecule has 15 heteroatoms. The fourth-order valence-corrected chi connectivity index (χ4v) is 3.21. The molecule has 202 valence electrons. The van der Waals surface area contributed by atoms with Crippen LogP contribution in [0.25, 0.3) is 0 Å². The highest BCUT2D eigenvalue weighted by Crippen LogP contribution is 2.05. The average Bonchev–Trinajstić information content (AvgIpc) is 3.32. The maximum atomic E-state index is 13.1. The quantitative estimate of drug-likeness (QED) is 0.0933. The molecule has 15 nitrogen and oxygen atoms in total. The first-order valence-electron chi connectivity index (χ1n) is 11.5. The average molecular weight is 513 g/mol. The fourth-order valence-electron chi connectivity index (χ4n) is 3.21. The molecule has 0 aliphatic carbocycles. The van der Waals surface area contributed by atoms with E-state index in [0.29, 0.717) is 31.5 Å². The van der Waals surface area contributed by atoms with Gasteiger partial charge in [0, 0.05) is 24.7 Å². The molecule has 5 unspecified atom stereocenters. The summed E-state index contributed by atoms with van der Waals surface area (Å²) in [6.07, 6.45) is 2.44. The number of hydrogen-bond donors (Lipinski definition) is 9. The van der Waals surface area contributed by atoms with Gasteiger partial charge >= 0.3 is 5.97 Å². The Balaban J connectivity index is 2.96. The van der Waals surface area contributed by atoms with Gasteiger partial charge in [-0.05, 0) is 32.7 Å². The number of aliphatic hydroxyl groups is 1. The summed E-state index contributed by atoms with van der Waals surface area (Å²) in [6.45, 7) is 1.67. The molecule has 1 aromatic heterocycles. The molecule has 0 radical (unpaired) electrons. The number of aromatic nitrogens is 2. The Morgan fingerprint density at radius 2 is 1.69 bits per heavy atom. The molecule has 0 bridgehead atoms. The van der Waals surface area contributed by atoms with E-state index in [2.05, 4.69) is 25.9 Å². The normalized spacial score (nSPS) is 15.1. The van der Waals surface area contributed by atoms with Crippen molar-refractivity contribution in [1.82, 2.24) is 25.9 Å². The smallest absolute Gasteiger partial charge is 0.326 e. The maximum absolute atomic E-state index is 13.1. The summed E-state index contributed by atoms with van der Waals surface area (Å²) in [4.78, 5) is 67.4. The van der Waals surface area contributed by atoms with E-state index in [1.807, 2.05) is 0 Å². The largest absolute Gasteiger partial charge is 0.480 e. The number of carbonyl (C=O) groups excluding carboxylic acids is 4. The van der Waals surface area contributed by atoms with E-state index in [0.717, 1.165) is 0 Å². The van der Waals surface area contributed by atoms with Crippen molar-refractivity contribution >= 4 is 29.6 Å². The van der Waals surface area contributed by atoms with Crippen LogP contribution < -0.4 is 33.2 Å². The van der Waals surface area contributed by atoms with E-state index in [9.17, 15) is 34.2 Å². The minimum atomic E-state index is -1.56. The predicted octanol–water partition coefficient (Wildman–Crippen LogP) is -3.41. The molecule has 12 N–H and O–H groups in total. The Hall–Kier alpha value is -3.56. The van der Waals surface area contributed by atoms with Crippen molar-refractivity contribution in [2.75, 3.05) is 6.54 Å². The molecule has 4 amide bonds. The van der Waals surface area contributed by atoms with Crippen LogP contribution in [0, 0.1) is 0 Å². The van der Waals surface area contributed by atoms with Gasteiger partial charge in [0.1, 0.15) is 18.1 Å². The lowest BCUT2D eigenvalue weighted by Gasteiger charge is -2.26. The first kappa shape index (κ1) is 30.5. The molecule has 0 saturated heterocycles. The van der Waals surface area contributed by atoms with Gasteiger partial charge in [0.15, 0.2) is 0 Å². The SMILES string of the molecule is CC(O)C(NC(=O)C(Cc1cnc[nH]1)NC(=O)C(N)CCCCN)C(=O)NC(CCC(N)=O)C(=O)O. The number of aromatic amines is 1. The van der Waals surface area contributed by atoms with Crippen molar-refractivity contribution in [2.45, 2.75) is 75.7 Å². The lowest BCUT2D eigenvalue weighted by atomic mass is 10.1. The van der Waals surface area contributed by atoms with Gasteiger partial charge in [0.05, 0.1) is 18.5 Å². The number of carbonyl (C=O) groups is 5. The molecule has 0 spiro atoms. The van der Waals surface area contributed by atoms with E-state index in [1.165, 1.54) is 19.4 Å². The topological polar surface area (TPSA) is 269 Å². The highest BCUT2D eigenvalue weighted by molar-refractivity contribution is 5.94. The first-order valence-corrected chi connectivity index (χ1v) is 11.5. The zero-order valence-corrected chi connectivity index (χ0v) is 20.1. The number of nitrogens with zero attached hydrogens (tertiary/aromatic N) is 1. The van der Waals surface area contributed by atoms with Gasteiger partial charge in [-0.3, -0.25) is 19.2 Å². The number of aliphatic hydroxyl groups excluding tert-OH is 1. The number of hydrogen-bond acceptors (Lipinski definition) is 9. The number of amides is 4. The van der Waals surface area contributed by atoms with E-state index in [1.54, 1.807) is 0 Å². The highest BCUT2D eigenvalue weighted by atomic mass is 16.4. The van der Waals surface area contributed by atoms with Crippen molar-refractivity contribution in [1.29, 1.82) is 0 Å². The van der Waals surface area contributed by atoms with Crippen molar-refractivity contribution < 1.29 is 34.2 Å². The maximum Gasteiger partial charge on any atom is 0.326 e. The Labute approximate surface area is 207 Å². The molecule has 0 aliphatic heterocycles. The number of primary amides is 1. The molecule has 1 rings (SSSR count). The lowest BCUT2D eigenvalue weighted by molar-refractivity contribution is -0.143. The number of imidazole rings is 1. The van der Waals surface area contributed by atoms with Crippen LogP contribution in [0.1, 0.15) is 44.7 Å². The molecule has 0 fully saturated rings. The number of nitrogens with one attached hydrogen (secondary N) is 4. The third kappa shape index (κ3) is 10.8. The highest BCUT2D eigenvalue weighted by Gasteiger charge is 2.33. The number of carboxylic acid groups (broad SMARTS) is 1. The molecule has 36 heavy (non-hydrogen) atoms. The molecular formula is C21H36N8O7. The molecule has 1 aromatic rings. The Bertz CT molecular complexity index is 878. The van der Waals surface area contributed by atoms with Crippen molar-refractivity contribution in [3.8, 4) is 0 Å². The zero-order chi connectivity index (χ0) is 27.3. The van der Waals surface area contributed by atoms with E-state index >= 15 is 0 Å². The Morgan fingerprint density at radius 3 is 2.22 bits per heavy atom. The third-order valence-electron chi connectivity index (χ3n) is 5.27. The van der Waals surface area contributed by atoms with Crippen LogP contribution >= 0.6 is 0 Å². The predicted molar refractivity (Wildman–Crippen MR) is 127 cm³/mol. The number of carboxylic acids is 1. The lowest BCUT2D eigenvalue weighted by Crippen LogP contribution is -2.60. The van der Waals surface area contributed by atoms with E-state index < -0.39 is 59.9 Å². The minimum Gasteiger partial charge on any atom is -0.480 e. The fraction of sp³-hybridized carbons (Fsp3) is 0.619. The zero-order valence-electron chi connectivity index (χ0n) is 20.1. The van der Waals surface area contributed by atoms with Crippen LogP contribution in [-0.4, -0.2) is 86.6 Å². The number of aliphatic carboxylic acids is 1. The molecule has 0 aromatic carbocycles. The molecule has 0 aliphatic rings. The van der Waals surface area contributed by atoms with Crippen LogP contribution in [0.4, 0.5) is 0 Å². The number of rotatable bonds is 17. The summed E-state index contributed by atoms with van der Waals surface area (Å²) in [5, 5.41) is 26.5. The van der Waals surface area contributed by atoms with Gasteiger partial charge in [-0.15, -0.1) is 0 Å². The van der Waals surface area contributed by atoms with Gasteiger partial charge in [0.25, 0.3) is 0 Å². The minimum absolute atomic E-state index is 0.0302. The summed E-state index contributed by atoms with van der Waals surface area (Å²) in [7, 11) is 0. The molecule has 5 atom stereocenters. The van der Waals surface area contributed by atoms with E-state index in [-0.39, 0.29) is 19.3 Å². The molecule has 1 heterocycles. The van der Waals surface area contributed by atoms with Gasteiger partial charge < -0.3 is 48.3 Å². The van der Waals surface area contributed by atoms with Crippen LogP contribution in [0.2, 0.25) is 0 Å². The summed E-state index contributed by atoms with van der Waals surface area (Å²) >= 11 is 0. The van der Waals surface area contributed by atoms with Crippen LogP contribution in [0.5, 0.6) is 0 Å². The monoisotopic (exact) mass is 512 g/mol. The van der Waals surface area contributed by atoms with Crippen molar-refractivity contribution in [3.05, 3.63) is 18.2 Å². The van der Waals surface area contributed by atoms with Crippen LogP contribution in [0.3, 0.4) is 0 Å². The summed E-state index contributed by atoms with van der Waals surface area (Å²) in [5.41, 5.74) is 16.9. The number of unbranched alkanes of at least 4 members (excludes halogenated alkanes) is 1. The number of nitrogens with two attached hydrogens (primary N) is 3. The van der Waals surface area contributed by atoms with Gasteiger partial charge in [-0.2, -0.15) is 0 Å². The molecular weight excluding hydrogens is 476 g/mol. The second-order valence-electron chi connectivity index (χ2n) is 8.36. The second-order valence-corrected chi connectivity index (χ2v) is 8.36. The standard InChI is InChI=1S/C21H36N8O7/c1-11(30)17(20(34)27-14(21(35)36)5-6-16(24)31)29-19(33)15(8-12-9-25-10-26-12)28-18(32)13(23)4-2-3-7-22/h9-11,13-15,17,30H,2-8,22-23H2,1H3,(H2,24,31)(H,25,26)(H,27,34)(H,28,32)(H,29,33)(H,35,36). The summed E-state index contributed by atoms with van der Waals surface area (Å²) < 4.78 is 0. The summed E-state index contributed by atoms with van der Waals surface area (Å²) in [5.74, 6) is -4.59. The van der Waals surface area contributed by atoms with Crippen LogP contribution in [0.15, 0.2) is 12.5 Å². The van der Waals surface area contributed by atoms with Gasteiger partial charge in [-0.1, -0.05) is 6.42 Å². The van der Waals surface area contributed by atoms with Crippen molar-refractivity contribution in [3.63, 3.8) is 0 Å². The third-order valence-corrected chi connectivity index (χ3v) is 5.27. The number of H-pyrrole nitrogens is 1. The van der Waals surface area contributed by atoms with Crippen LogP contribution in [-0.2, 0) is 30.4 Å². The van der Waals surface area contributed by atoms with Crippen molar-refractivity contribution in [2.24, 2.45) is 17.2 Å². The molecule has 0 saturated carbocycles. The van der Waals surface area contributed by atoms with Gasteiger partial charge in [0.2, 0.25) is 23.6 Å².